The first kappa shape index (κ1) is 38.2. The van der Waals surface area contributed by atoms with Crippen LogP contribution in [0.2, 0.25) is 0 Å². The van der Waals surface area contributed by atoms with Crippen molar-refractivity contribution in [3.63, 3.8) is 0 Å². The lowest BCUT2D eigenvalue weighted by Crippen LogP contribution is -2.59. The van der Waals surface area contributed by atoms with Gasteiger partial charge in [0.15, 0.2) is 0 Å². The van der Waals surface area contributed by atoms with E-state index in [1.54, 1.807) is 17.0 Å². The average Bonchev–Trinajstić information content (AvgIpc) is 3.25. The number of piperidine rings is 4. The van der Waals surface area contributed by atoms with Crippen LogP contribution in [-0.2, 0) is 6.61 Å². The van der Waals surface area contributed by atoms with Gasteiger partial charge in [0, 0.05) is 49.2 Å². The number of phenolic OH excluding ortho intramolecular Hbond substituents is 1. The third kappa shape index (κ3) is 8.39. The van der Waals surface area contributed by atoms with Crippen LogP contribution in [0.3, 0.4) is 0 Å². The number of fused-ring (bicyclic) bond motifs is 4. The Bertz CT molecular complexity index is 2250. The van der Waals surface area contributed by atoms with Gasteiger partial charge in [-0.05, 0) is 103 Å². The van der Waals surface area contributed by atoms with Gasteiger partial charge in [-0.2, -0.15) is 0 Å². The van der Waals surface area contributed by atoms with Crippen LogP contribution in [-0.4, -0.2) is 98.4 Å². The molecule has 4 aliphatic rings. The Morgan fingerprint density at radius 2 is 1.60 bits per heavy atom. The van der Waals surface area contributed by atoms with Crippen molar-refractivity contribution in [1.82, 2.24) is 25.0 Å². The third-order valence-corrected chi connectivity index (χ3v) is 12.0. The minimum absolute atomic E-state index is 0.0314. The fourth-order valence-corrected chi connectivity index (χ4v) is 8.93. The van der Waals surface area contributed by atoms with Gasteiger partial charge in [0.1, 0.15) is 18.1 Å². The van der Waals surface area contributed by atoms with E-state index in [0.717, 1.165) is 62.0 Å². The first-order valence-corrected chi connectivity index (χ1v) is 19.9. The van der Waals surface area contributed by atoms with E-state index in [0.29, 0.717) is 53.3 Å². The molecule has 57 heavy (non-hydrogen) atoms. The van der Waals surface area contributed by atoms with Crippen molar-refractivity contribution in [3.8, 4) is 11.5 Å². The Balaban J connectivity index is 0.862. The summed E-state index contributed by atoms with van der Waals surface area (Å²) in [5.41, 5.74) is 3.88. The highest BCUT2D eigenvalue weighted by atomic mass is 16.5. The highest BCUT2D eigenvalue weighted by Gasteiger charge is 2.43. The number of pyridine rings is 1. The number of likely N-dealkylation sites (tertiary alicyclic amines) is 1. The second-order valence-electron chi connectivity index (χ2n) is 15.5. The number of hydrogen-bond acceptors (Lipinski definition) is 8. The number of nitrogens with zero attached hydrogens (tertiary/aromatic N) is 3. The van der Waals surface area contributed by atoms with Crippen molar-refractivity contribution < 1.29 is 29.6 Å². The quantitative estimate of drug-likeness (QED) is 0.104. The molecule has 4 aliphatic heterocycles. The van der Waals surface area contributed by atoms with Crippen LogP contribution in [0.5, 0.6) is 11.5 Å². The van der Waals surface area contributed by atoms with Gasteiger partial charge in [-0.1, -0.05) is 60.7 Å². The fourth-order valence-electron chi connectivity index (χ4n) is 8.93. The summed E-state index contributed by atoms with van der Waals surface area (Å²) in [5, 5.41) is 35.8. The Morgan fingerprint density at radius 1 is 0.860 bits per heavy atom. The standard InChI is InChI=1S/C45H49N5O7/c51-39-15-13-36(37-14-16-41(53)47-42(37)39)40(52)26-46-34-19-23-49(24-20-34)44(54)32-11-9-29(10-12-32)28-57-35-8-4-7-33(25-35)43(31-5-2-1-3-6-31)50(45(55)56)38-27-48-21-17-30(38)18-22-48/h1-16,25,30,34,38,40,43,46,51-52H,17-24,26-28H2,(H,47,53)(H,55,56)/t38?,40?,43-/m0/s1. The number of carboxylic acid groups (broad SMARTS) is 1. The number of nitrogens with one attached hydrogen (secondary N) is 2. The number of hydrogen-bond donors (Lipinski definition) is 5. The molecule has 3 atom stereocenters. The number of ether oxygens (including phenoxy) is 1. The Hall–Kier alpha value is -5.69. The number of H-pyrrole nitrogens is 1. The molecule has 5 N–H and O–H groups in total. The van der Waals surface area contributed by atoms with E-state index in [1.165, 1.54) is 12.1 Å². The predicted octanol–water partition coefficient (Wildman–Crippen LogP) is 5.90. The van der Waals surface area contributed by atoms with Crippen LogP contribution in [0.4, 0.5) is 4.79 Å². The molecule has 5 heterocycles. The van der Waals surface area contributed by atoms with E-state index in [4.69, 9.17) is 4.74 Å². The molecule has 2 bridgehead atoms. The fraction of sp³-hybridized carbons (Fsp3) is 0.356. The number of benzene rings is 4. The lowest BCUT2D eigenvalue weighted by Gasteiger charge is -2.50. The van der Waals surface area contributed by atoms with Crippen molar-refractivity contribution >= 4 is 22.9 Å². The molecule has 9 rings (SSSR count). The zero-order chi connectivity index (χ0) is 39.5. The van der Waals surface area contributed by atoms with E-state index in [1.807, 2.05) is 83.8 Å². The van der Waals surface area contributed by atoms with E-state index >= 15 is 0 Å². The summed E-state index contributed by atoms with van der Waals surface area (Å²) in [7, 11) is 0. The van der Waals surface area contributed by atoms with Gasteiger partial charge in [0.25, 0.3) is 5.91 Å². The van der Waals surface area contributed by atoms with Crippen LogP contribution in [0.25, 0.3) is 10.9 Å². The van der Waals surface area contributed by atoms with Crippen LogP contribution < -0.4 is 15.6 Å². The molecule has 12 nitrogen and oxygen atoms in total. The monoisotopic (exact) mass is 771 g/mol. The number of aromatic nitrogens is 1. The van der Waals surface area contributed by atoms with E-state index < -0.39 is 18.2 Å². The van der Waals surface area contributed by atoms with Crippen molar-refractivity contribution in [2.75, 3.05) is 39.3 Å². The molecule has 4 saturated heterocycles. The summed E-state index contributed by atoms with van der Waals surface area (Å²) in [6.45, 7) is 4.56. The zero-order valence-electron chi connectivity index (χ0n) is 31.8. The summed E-state index contributed by atoms with van der Waals surface area (Å²) >= 11 is 0. The van der Waals surface area contributed by atoms with Gasteiger partial charge in [0.2, 0.25) is 5.56 Å². The third-order valence-electron chi connectivity index (χ3n) is 12.0. The lowest BCUT2D eigenvalue weighted by atomic mass is 9.81. The molecule has 0 radical (unpaired) electrons. The number of aliphatic hydroxyl groups is 1. The Kier molecular flexibility index (Phi) is 11.3. The number of amides is 2. The topological polar surface area (TPSA) is 159 Å². The molecule has 5 aromatic rings. The molecule has 0 saturated carbocycles. The second-order valence-corrected chi connectivity index (χ2v) is 15.5. The highest BCUT2D eigenvalue weighted by molar-refractivity contribution is 5.94. The SMILES string of the molecule is O=C(c1ccc(COc2cccc([C@H](c3ccccc3)N(C(=O)O)C3CN4CCC3CC4)c2)cc1)N1CCC(NCC(O)c2ccc(O)c3[nH]c(=O)ccc23)CC1. The Morgan fingerprint density at radius 3 is 2.30 bits per heavy atom. The normalized spacial score (nSPS) is 20.6. The minimum atomic E-state index is -0.915. The molecular weight excluding hydrogens is 723 g/mol. The number of aliphatic hydroxyl groups excluding tert-OH is 1. The first-order valence-electron chi connectivity index (χ1n) is 19.9. The molecule has 4 aromatic carbocycles. The number of carbonyl (C=O) groups is 2. The summed E-state index contributed by atoms with van der Waals surface area (Å²) in [6, 6.07) is 30.7. The number of aromatic amines is 1. The zero-order valence-corrected chi connectivity index (χ0v) is 31.8. The summed E-state index contributed by atoms with van der Waals surface area (Å²) in [6.07, 6.45) is 1.74. The number of rotatable bonds is 12. The van der Waals surface area contributed by atoms with Crippen LogP contribution in [0.1, 0.15) is 70.4 Å². The first-order chi connectivity index (χ1) is 27.7. The second kappa shape index (κ2) is 16.8. The van der Waals surface area contributed by atoms with Crippen LogP contribution >= 0.6 is 0 Å². The summed E-state index contributed by atoms with van der Waals surface area (Å²) < 4.78 is 6.26. The van der Waals surface area contributed by atoms with Crippen LogP contribution in [0.15, 0.2) is 108 Å². The largest absolute Gasteiger partial charge is 0.506 e. The average molecular weight is 772 g/mol. The van der Waals surface area contributed by atoms with Gasteiger partial charge >= 0.3 is 6.09 Å². The minimum Gasteiger partial charge on any atom is -0.506 e. The van der Waals surface area contributed by atoms with Gasteiger partial charge in [-0.3, -0.25) is 14.5 Å². The molecule has 2 amide bonds. The molecule has 296 valence electrons. The van der Waals surface area contributed by atoms with Crippen LogP contribution in [0, 0.1) is 5.92 Å². The number of phenols is 1. The molecule has 0 aliphatic carbocycles. The molecule has 1 aromatic heterocycles. The molecule has 12 heteroatoms. The molecule has 2 unspecified atom stereocenters. The van der Waals surface area contributed by atoms with Gasteiger partial charge < -0.3 is 40.2 Å². The van der Waals surface area contributed by atoms with Gasteiger partial charge in [-0.25, -0.2) is 4.79 Å². The molecular formula is C45H49N5O7. The van der Waals surface area contributed by atoms with Crippen molar-refractivity contribution in [3.05, 3.63) is 141 Å². The van der Waals surface area contributed by atoms with Crippen molar-refractivity contribution in [2.24, 2.45) is 5.92 Å². The predicted molar refractivity (Wildman–Crippen MR) is 216 cm³/mol. The number of aromatic hydroxyl groups is 1. The van der Waals surface area contributed by atoms with Gasteiger partial charge in [-0.15, -0.1) is 0 Å². The smallest absolute Gasteiger partial charge is 0.408 e. The maximum absolute atomic E-state index is 13.4. The maximum atomic E-state index is 13.4. The number of carbonyl (C=O) groups excluding carboxylic acids is 1. The van der Waals surface area contributed by atoms with E-state index in [-0.39, 0.29) is 35.9 Å². The van der Waals surface area contributed by atoms with Gasteiger partial charge in [0.05, 0.1) is 23.7 Å². The lowest BCUT2D eigenvalue weighted by molar-refractivity contribution is -0.000814. The van der Waals surface area contributed by atoms with Crippen molar-refractivity contribution in [2.45, 2.75) is 56.5 Å². The summed E-state index contributed by atoms with van der Waals surface area (Å²) in [4.78, 5) is 46.8. The van der Waals surface area contributed by atoms with E-state index in [9.17, 15) is 29.7 Å². The summed E-state index contributed by atoms with van der Waals surface area (Å²) in [5.74, 6) is 0.907. The van der Waals surface area contributed by atoms with E-state index in [2.05, 4.69) is 15.2 Å². The molecule has 4 fully saturated rings. The maximum Gasteiger partial charge on any atom is 0.408 e. The highest BCUT2D eigenvalue weighted by Crippen LogP contribution is 2.39. The Labute approximate surface area is 331 Å². The molecule has 0 spiro atoms. The van der Waals surface area contributed by atoms with Crippen molar-refractivity contribution in [1.29, 1.82) is 0 Å².